The lowest BCUT2D eigenvalue weighted by molar-refractivity contribution is -0.0498. The summed E-state index contributed by atoms with van der Waals surface area (Å²) in [6.45, 7) is -2.90. The minimum absolute atomic E-state index is 0.00985. The van der Waals surface area contributed by atoms with Crippen LogP contribution >= 0.6 is 11.3 Å². The molecule has 23 heavy (non-hydrogen) atoms. The van der Waals surface area contributed by atoms with Crippen LogP contribution in [0.3, 0.4) is 0 Å². The van der Waals surface area contributed by atoms with Crippen LogP contribution in [0.25, 0.3) is 0 Å². The zero-order valence-corrected chi connectivity index (χ0v) is 12.8. The van der Waals surface area contributed by atoms with Gasteiger partial charge in [0.15, 0.2) is 0 Å². The number of nitriles is 1. The Bertz CT molecular complexity index is 779. The number of rotatable bonds is 4. The van der Waals surface area contributed by atoms with Gasteiger partial charge in [-0.1, -0.05) is 0 Å². The van der Waals surface area contributed by atoms with Gasteiger partial charge in [-0.3, -0.25) is 4.79 Å². The second-order valence-electron chi connectivity index (χ2n) is 5.03. The fraction of sp³-hybridized carbons (Fsp3) is 0.250. The normalized spacial score (nSPS) is 12.8. The van der Waals surface area contributed by atoms with Crippen LogP contribution in [0.2, 0.25) is 0 Å². The Hall–Kier alpha value is -2.46. The molecule has 1 aliphatic rings. The van der Waals surface area contributed by atoms with Gasteiger partial charge in [-0.25, -0.2) is 0 Å². The van der Waals surface area contributed by atoms with Crippen LogP contribution in [0.4, 0.5) is 13.8 Å². The van der Waals surface area contributed by atoms with Gasteiger partial charge in [-0.05, 0) is 49.1 Å². The van der Waals surface area contributed by atoms with Gasteiger partial charge in [-0.2, -0.15) is 14.0 Å². The summed E-state index contributed by atoms with van der Waals surface area (Å²) >= 11 is 1.43. The van der Waals surface area contributed by atoms with Gasteiger partial charge in [0.2, 0.25) is 0 Å². The average molecular weight is 334 g/mol. The Morgan fingerprint density at radius 1 is 1.30 bits per heavy atom. The van der Waals surface area contributed by atoms with Crippen LogP contribution in [0, 0.1) is 11.3 Å². The van der Waals surface area contributed by atoms with E-state index in [4.69, 9.17) is 0 Å². The lowest BCUT2D eigenvalue weighted by Crippen LogP contribution is -2.12. The number of hydrogen-bond donors (Lipinski definition) is 1. The molecule has 0 saturated heterocycles. The summed E-state index contributed by atoms with van der Waals surface area (Å²) in [7, 11) is 0. The number of nitrogens with zero attached hydrogens (tertiary/aromatic N) is 1. The number of alkyl halides is 2. The third kappa shape index (κ3) is 3.17. The molecule has 118 valence electrons. The minimum atomic E-state index is -2.90. The molecule has 0 bridgehead atoms. The second-order valence-corrected chi connectivity index (χ2v) is 6.14. The molecule has 3 rings (SSSR count). The van der Waals surface area contributed by atoms with Crippen molar-refractivity contribution >= 4 is 22.2 Å². The summed E-state index contributed by atoms with van der Waals surface area (Å²) in [5, 5.41) is 12.6. The van der Waals surface area contributed by atoms with E-state index in [2.05, 4.69) is 16.1 Å². The second kappa shape index (κ2) is 6.34. The molecule has 1 aromatic heterocycles. The first-order chi connectivity index (χ1) is 11.1. The van der Waals surface area contributed by atoms with Crippen LogP contribution in [-0.4, -0.2) is 12.5 Å². The third-order valence-electron chi connectivity index (χ3n) is 3.60. The zero-order chi connectivity index (χ0) is 16.4. The van der Waals surface area contributed by atoms with E-state index in [1.807, 2.05) is 0 Å². The number of hydrogen-bond acceptors (Lipinski definition) is 4. The SMILES string of the molecule is N#Cc1c(NC(=O)c2ccc(OC(F)F)cc2)sc2c1CCC2. The molecule has 0 unspecified atom stereocenters. The Kier molecular flexibility index (Phi) is 4.26. The quantitative estimate of drug-likeness (QED) is 0.920. The van der Waals surface area contributed by atoms with Crippen molar-refractivity contribution in [2.75, 3.05) is 5.32 Å². The van der Waals surface area contributed by atoms with Crippen molar-refractivity contribution in [1.82, 2.24) is 0 Å². The molecule has 2 aromatic rings. The molecular weight excluding hydrogens is 322 g/mol. The smallest absolute Gasteiger partial charge is 0.387 e. The van der Waals surface area contributed by atoms with Crippen LogP contribution in [-0.2, 0) is 12.8 Å². The maximum atomic E-state index is 12.2. The molecule has 1 aromatic carbocycles. The number of amides is 1. The van der Waals surface area contributed by atoms with Gasteiger partial charge < -0.3 is 10.1 Å². The van der Waals surface area contributed by atoms with E-state index in [1.54, 1.807) is 0 Å². The Morgan fingerprint density at radius 3 is 2.70 bits per heavy atom. The van der Waals surface area contributed by atoms with Crippen molar-refractivity contribution < 1.29 is 18.3 Å². The maximum absolute atomic E-state index is 12.2. The summed E-state index contributed by atoms with van der Waals surface area (Å²) in [4.78, 5) is 13.4. The van der Waals surface area contributed by atoms with Crippen molar-refractivity contribution in [2.45, 2.75) is 25.9 Å². The van der Waals surface area contributed by atoms with Crippen molar-refractivity contribution in [1.29, 1.82) is 5.26 Å². The minimum Gasteiger partial charge on any atom is -0.435 e. The highest BCUT2D eigenvalue weighted by molar-refractivity contribution is 7.16. The first kappa shape index (κ1) is 15.4. The number of carbonyl (C=O) groups excluding carboxylic acids is 1. The zero-order valence-electron chi connectivity index (χ0n) is 11.9. The largest absolute Gasteiger partial charge is 0.435 e. The number of benzene rings is 1. The summed E-state index contributed by atoms with van der Waals surface area (Å²) in [6, 6.07) is 7.57. The van der Waals surface area contributed by atoms with Crippen molar-refractivity contribution in [3.05, 3.63) is 45.8 Å². The topological polar surface area (TPSA) is 62.1 Å². The van der Waals surface area contributed by atoms with Gasteiger partial charge in [0.25, 0.3) is 5.91 Å². The molecule has 4 nitrogen and oxygen atoms in total. The number of halogens is 2. The number of aryl methyl sites for hydroxylation is 1. The molecule has 0 spiro atoms. The number of ether oxygens (including phenoxy) is 1. The van der Waals surface area contributed by atoms with E-state index in [1.165, 1.54) is 35.6 Å². The Morgan fingerprint density at radius 2 is 2.04 bits per heavy atom. The van der Waals surface area contributed by atoms with Crippen molar-refractivity contribution in [3.8, 4) is 11.8 Å². The Balaban J connectivity index is 1.76. The molecule has 1 heterocycles. The highest BCUT2D eigenvalue weighted by Gasteiger charge is 2.23. The molecular formula is C16H12F2N2O2S. The highest BCUT2D eigenvalue weighted by Crippen LogP contribution is 2.38. The lowest BCUT2D eigenvalue weighted by atomic mass is 10.1. The van der Waals surface area contributed by atoms with Gasteiger partial charge >= 0.3 is 6.61 Å². The maximum Gasteiger partial charge on any atom is 0.387 e. The van der Waals surface area contributed by atoms with Crippen LogP contribution in [0.5, 0.6) is 5.75 Å². The molecule has 0 fully saturated rings. The molecule has 0 aliphatic heterocycles. The first-order valence-corrected chi connectivity index (χ1v) is 7.81. The predicted octanol–water partition coefficient (Wildman–Crippen LogP) is 3.96. The predicted molar refractivity (Wildman–Crippen MR) is 82.1 cm³/mol. The first-order valence-electron chi connectivity index (χ1n) is 6.99. The lowest BCUT2D eigenvalue weighted by Gasteiger charge is -2.06. The highest BCUT2D eigenvalue weighted by atomic mass is 32.1. The Labute approximate surface area is 135 Å². The van der Waals surface area contributed by atoms with Crippen molar-refractivity contribution in [3.63, 3.8) is 0 Å². The molecule has 0 radical (unpaired) electrons. The van der Waals surface area contributed by atoms with Gasteiger partial charge in [0, 0.05) is 10.4 Å². The van der Waals surface area contributed by atoms with Crippen molar-refractivity contribution in [2.24, 2.45) is 0 Å². The van der Waals surface area contributed by atoms with Gasteiger partial charge in [0.1, 0.15) is 16.8 Å². The standard InChI is InChI=1S/C16H12F2N2O2S/c17-16(18)22-10-6-4-9(5-7-10)14(21)20-15-12(8-19)11-2-1-3-13(11)23-15/h4-7,16H,1-3H2,(H,20,21). The fourth-order valence-electron chi connectivity index (χ4n) is 2.57. The summed E-state index contributed by atoms with van der Waals surface area (Å²) < 4.78 is 28.4. The fourth-order valence-corrected chi connectivity index (χ4v) is 3.81. The molecule has 1 amide bonds. The molecule has 7 heteroatoms. The van der Waals surface area contributed by atoms with E-state index in [0.717, 1.165) is 29.7 Å². The van der Waals surface area contributed by atoms with Gasteiger partial charge in [0.05, 0.1) is 5.56 Å². The summed E-state index contributed by atoms with van der Waals surface area (Å²) in [5.41, 5.74) is 1.88. The summed E-state index contributed by atoms with van der Waals surface area (Å²) in [5.74, 6) is -0.394. The van der Waals surface area contributed by atoms with Crippen LogP contribution < -0.4 is 10.1 Å². The van der Waals surface area contributed by atoms with Crippen LogP contribution in [0.1, 0.15) is 32.8 Å². The van der Waals surface area contributed by atoms with E-state index in [-0.39, 0.29) is 11.7 Å². The van der Waals surface area contributed by atoms with E-state index in [0.29, 0.717) is 16.1 Å². The number of anilines is 1. The van der Waals surface area contributed by atoms with Gasteiger partial charge in [-0.15, -0.1) is 11.3 Å². The van der Waals surface area contributed by atoms with E-state index < -0.39 is 6.61 Å². The third-order valence-corrected chi connectivity index (χ3v) is 4.81. The average Bonchev–Trinajstić information content (AvgIpc) is 3.07. The number of fused-ring (bicyclic) bond motifs is 1. The summed E-state index contributed by atoms with van der Waals surface area (Å²) in [6.07, 6.45) is 2.84. The monoisotopic (exact) mass is 334 g/mol. The number of thiophene rings is 1. The molecule has 1 aliphatic carbocycles. The molecule has 0 atom stereocenters. The van der Waals surface area contributed by atoms with Crippen LogP contribution in [0.15, 0.2) is 24.3 Å². The van der Waals surface area contributed by atoms with E-state index >= 15 is 0 Å². The van der Waals surface area contributed by atoms with E-state index in [9.17, 15) is 18.8 Å². The number of carbonyl (C=O) groups is 1. The molecule has 0 saturated carbocycles. The molecule has 1 N–H and O–H groups in total. The number of nitrogens with one attached hydrogen (secondary N) is 1.